The monoisotopic (exact) mass is 405 g/mol. The molecule has 2 aromatic rings. The van der Waals surface area contributed by atoms with Crippen LogP contribution in [0.3, 0.4) is 0 Å². The molecule has 0 radical (unpaired) electrons. The van der Waals surface area contributed by atoms with Gasteiger partial charge in [0, 0.05) is 17.1 Å². The minimum atomic E-state index is -0.926. The lowest BCUT2D eigenvalue weighted by Gasteiger charge is -2.10. The van der Waals surface area contributed by atoms with Crippen molar-refractivity contribution in [3.05, 3.63) is 52.5 Å². The number of hydrazone groups is 1. The first-order valence-electron chi connectivity index (χ1n) is 8.25. The molecular formula is C19H20ClN3O5. The number of carbonyl (C=O) groups is 2. The summed E-state index contributed by atoms with van der Waals surface area (Å²) in [7, 11) is 3.09. The normalized spacial score (nSPS) is 10.5. The molecule has 2 aromatic carbocycles. The van der Waals surface area contributed by atoms with Gasteiger partial charge in [-0.1, -0.05) is 17.7 Å². The third-order valence-electron chi connectivity index (χ3n) is 3.71. The lowest BCUT2D eigenvalue weighted by Crippen LogP contribution is -2.38. The van der Waals surface area contributed by atoms with Gasteiger partial charge < -0.3 is 19.9 Å². The Morgan fingerprint density at radius 1 is 1.11 bits per heavy atom. The van der Waals surface area contributed by atoms with Crippen molar-refractivity contribution in [2.45, 2.75) is 6.42 Å². The number of rotatable bonds is 7. The highest BCUT2D eigenvalue weighted by molar-refractivity contribution is 6.35. The zero-order valence-corrected chi connectivity index (χ0v) is 16.1. The molecule has 8 nitrogen and oxygen atoms in total. The summed E-state index contributed by atoms with van der Waals surface area (Å²) in [5, 5.41) is 16.2. The zero-order valence-electron chi connectivity index (χ0n) is 15.4. The molecule has 0 unspecified atom stereocenters. The van der Waals surface area contributed by atoms with Crippen LogP contribution in [0.15, 0.2) is 41.5 Å². The van der Waals surface area contributed by atoms with Crippen molar-refractivity contribution in [3.63, 3.8) is 0 Å². The summed E-state index contributed by atoms with van der Waals surface area (Å²) in [5.41, 5.74) is 3.30. The number of methoxy groups -OCH3 is 2. The number of nitrogens with one attached hydrogen (secondary N) is 2. The van der Waals surface area contributed by atoms with E-state index in [1.807, 2.05) is 6.07 Å². The minimum absolute atomic E-state index is 0.0539. The third kappa shape index (κ3) is 5.88. The van der Waals surface area contributed by atoms with Gasteiger partial charge >= 0.3 is 11.8 Å². The van der Waals surface area contributed by atoms with Gasteiger partial charge in [0.2, 0.25) is 0 Å². The van der Waals surface area contributed by atoms with Gasteiger partial charge in [-0.25, -0.2) is 5.43 Å². The molecule has 0 aliphatic heterocycles. The molecule has 2 rings (SSSR count). The number of aromatic hydroxyl groups is 1. The van der Waals surface area contributed by atoms with E-state index in [-0.39, 0.29) is 12.3 Å². The molecule has 0 saturated heterocycles. The lowest BCUT2D eigenvalue weighted by atomic mass is 10.1. The molecule has 0 spiro atoms. The van der Waals surface area contributed by atoms with Crippen molar-refractivity contribution >= 4 is 29.6 Å². The van der Waals surface area contributed by atoms with Crippen molar-refractivity contribution in [2.75, 3.05) is 20.8 Å². The molecule has 0 aliphatic rings. The average molecular weight is 406 g/mol. The van der Waals surface area contributed by atoms with Gasteiger partial charge in [0.15, 0.2) is 11.5 Å². The van der Waals surface area contributed by atoms with Crippen LogP contribution in [0.4, 0.5) is 0 Å². The fraction of sp³-hybridized carbons (Fsp3) is 0.211. The van der Waals surface area contributed by atoms with Crippen LogP contribution in [0.2, 0.25) is 5.02 Å². The number of phenols is 1. The van der Waals surface area contributed by atoms with Gasteiger partial charge in [-0.2, -0.15) is 5.10 Å². The van der Waals surface area contributed by atoms with Gasteiger partial charge in [0.1, 0.15) is 5.75 Å². The quantitative estimate of drug-likeness (QED) is 0.370. The molecular weight excluding hydrogens is 386 g/mol. The molecule has 2 amide bonds. The Bertz CT molecular complexity index is 886. The highest BCUT2D eigenvalue weighted by Crippen LogP contribution is 2.27. The number of ether oxygens (including phenoxy) is 2. The van der Waals surface area contributed by atoms with Crippen LogP contribution in [0.5, 0.6) is 17.2 Å². The molecule has 0 atom stereocenters. The Morgan fingerprint density at radius 3 is 2.57 bits per heavy atom. The van der Waals surface area contributed by atoms with Gasteiger partial charge in [0.05, 0.1) is 20.4 Å². The number of phenolic OH excluding ortho intramolecular Hbond substituents is 1. The Labute approximate surface area is 167 Å². The molecule has 0 aromatic heterocycles. The number of nitrogens with zero attached hydrogens (tertiary/aromatic N) is 1. The summed E-state index contributed by atoms with van der Waals surface area (Å²) in [4.78, 5) is 23.6. The van der Waals surface area contributed by atoms with Crippen molar-refractivity contribution in [1.82, 2.24) is 10.7 Å². The second kappa shape index (κ2) is 10.2. The molecule has 0 fully saturated rings. The Balaban J connectivity index is 1.82. The first kappa shape index (κ1) is 21.0. The Hall–Kier alpha value is -3.26. The fourth-order valence-corrected chi connectivity index (χ4v) is 2.46. The van der Waals surface area contributed by atoms with E-state index in [4.69, 9.17) is 21.1 Å². The van der Waals surface area contributed by atoms with E-state index in [2.05, 4.69) is 15.8 Å². The van der Waals surface area contributed by atoms with Gasteiger partial charge in [-0.3, -0.25) is 9.59 Å². The maximum Gasteiger partial charge on any atom is 0.329 e. The molecule has 9 heteroatoms. The SMILES string of the molecule is COc1ccc(CCNC(=O)C(=O)N/N=C\c2cc(Cl)ccc2O)cc1OC. The van der Waals surface area contributed by atoms with Crippen molar-refractivity contribution in [1.29, 1.82) is 0 Å². The second-order valence-electron chi connectivity index (χ2n) is 5.60. The number of hydrogen-bond acceptors (Lipinski definition) is 6. The Kier molecular flexibility index (Phi) is 7.65. The Morgan fingerprint density at radius 2 is 1.86 bits per heavy atom. The molecule has 148 valence electrons. The molecule has 3 N–H and O–H groups in total. The predicted molar refractivity (Wildman–Crippen MR) is 105 cm³/mol. The van der Waals surface area contributed by atoms with E-state index < -0.39 is 11.8 Å². The van der Waals surface area contributed by atoms with Crippen LogP contribution in [0, 0.1) is 0 Å². The van der Waals surface area contributed by atoms with Crippen LogP contribution < -0.4 is 20.2 Å². The van der Waals surface area contributed by atoms with E-state index in [1.165, 1.54) is 31.5 Å². The van der Waals surface area contributed by atoms with Crippen LogP contribution in [0.1, 0.15) is 11.1 Å². The molecule has 0 saturated carbocycles. The van der Waals surface area contributed by atoms with E-state index in [0.717, 1.165) is 5.56 Å². The predicted octanol–water partition coefficient (Wildman–Crippen LogP) is 1.87. The maximum absolute atomic E-state index is 11.8. The van der Waals surface area contributed by atoms with Crippen molar-refractivity contribution < 1.29 is 24.2 Å². The summed E-state index contributed by atoms with van der Waals surface area (Å²) in [5.74, 6) is -0.610. The smallest absolute Gasteiger partial charge is 0.329 e. The minimum Gasteiger partial charge on any atom is -0.507 e. The van der Waals surface area contributed by atoms with Gasteiger partial charge in [0.25, 0.3) is 0 Å². The molecule has 0 bridgehead atoms. The van der Waals surface area contributed by atoms with E-state index in [0.29, 0.717) is 28.5 Å². The highest BCUT2D eigenvalue weighted by Gasteiger charge is 2.12. The summed E-state index contributed by atoms with van der Waals surface area (Å²) >= 11 is 5.81. The number of halogens is 1. The van der Waals surface area contributed by atoms with Crippen LogP contribution in [-0.2, 0) is 16.0 Å². The van der Waals surface area contributed by atoms with Gasteiger partial charge in [-0.15, -0.1) is 0 Å². The van der Waals surface area contributed by atoms with Crippen molar-refractivity contribution in [2.24, 2.45) is 5.10 Å². The maximum atomic E-state index is 11.8. The number of hydrogen-bond donors (Lipinski definition) is 3. The van der Waals surface area contributed by atoms with Crippen LogP contribution >= 0.6 is 11.6 Å². The average Bonchev–Trinajstić information content (AvgIpc) is 2.70. The van der Waals surface area contributed by atoms with Crippen LogP contribution in [-0.4, -0.2) is 43.9 Å². The van der Waals surface area contributed by atoms with Crippen LogP contribution in [0.25, 0.3) is 0 Å². The van der Waals surface area contributed by atoms with E-state index >= 15 is 0 Å². The lowest BCUT2D eigenvalue weighted by molar-refractivity contribution is -0.139. The first-order valence-corrected chi connectivity index (χ1v) is 8.63. The second-order valence-corrected chi connectivity index (χ2v) is 6.03. The fourth-order valence-electron chi connectivity index (χ4n) is 2.28. The standard InChI is InChI=1S/C19H20ClN3O5/c1-27-16-6-3-12(9-17(16)28-2)7-8-21-18(25)19(26)23-22-11-13-10-14(20)4-5-15(13)24/h3-6,9-11,24H,7-8H2,1-2H3,(H,21,25)(H,23,26)/b22-11-. The summed E-state index contributed by atoms with van der Waals surface area (Å²) < 4.78 is 10.4. The third-order valence-corrected chi connectivity index (χ3v) is 3.95. The number of amides is 2. The number of benzene rings is 2. The van der Waals surface area contributed by atoms with Gasteiger partial charge in [-0.05, 0) is 42.3 Å². The summed E-state index contributed by atoms with van der Waals surface area (Å²) in [6.45, 7) is 0.251. The molecule has 0 aliphatic carbocycles. The van der Waals surface area contributed by atoms with Crippen molar-refractivity contribution in [3.8, 4) is 17.2 Å². The van der Waals surface area contributed by atoms with E-state index in [9.17, 15) is 14.7 Å². The topological polar surface area (TPSA) is 109 Å². The molecule has 28 heavy (non-hydrogen) atoms. The molecule has 0 heterocycles. The number of carbonyl (C=O) groups excluding carboxylic acids is 2. The summed E-state index contributed by atoms with van der Waals surface area (Å²) in [6, 6.07) is 9.78. The highest BCUT2D eigenvalue weighted by atomic mass is 35.5. The largest absolute Gasteiger partial charge is 0.507 e. The summed E-state index contributed by atoms with van der Waals surface area (Å²) in [6.07, 6.45) is 1.69. The van der Waals surface area contributed by atoms with E-state index in [1.54, 1.807) is 19.2 Å². The first-order chi connectivity index (χ1) is 13.4. The zero-order chi connectivity index (χ0) is 20.5.